The van der Waals surface area contributed by atoms with Crippen LogP contribution in [0.1, 0.15) is 52.4 Å². The first kappa shape index (κ1) is 15.3. The summed E-state index contributed by atoms with van der Waals surface area (Å²) in [4.78, 5) is 12.6. The maximum atomic E-state index is 12.6. The normalized spacial score (nSPS) is 12.7. The maximum Gasteiger partial charge on any atom is 0.170 e. The molecule has 0 unspecified atom stereocenters. The van der Waals surface area contributed by atoms with Crippen LogP contribution in [0.25, 0.3) is 6.08 Å². The topological polar surface area (TPSA) is 57.5 Å². The van der Waals surface area contributed by atoms with Crippen molar-refractivity contribution >= 4 is 11.9 Å². The number of Topliss-reactive ketones (excluding diaryl/α,β-unsaturated/α-hetero) is 1. The number of allylic oxidation sites excluding steroid dienone is 1. The second-order valence-electron chi connectivity index (χ2n) is 6.32. The smallest absolute Gasteiger partial charge is 0.170 e. The molecule has 0 spiro atoms. The zero-order chi connectivity index (χ0) is 16.6. The molecule has 0 aromatic heterocycles. The largest absolute Gasteiger partial charge is 0.508 e. The van der Waals surface area contributed by atoms with Gasteiger partial charge in [0.1, 0.15) is 11.5 Å². The molecule has 2 aromatic rings. The molecule has 0 fully saturated rings. The number of hydrogen-bond donors (Lipinski definition) is 2. The third-order valence-corrected chi connectivity index (χ3v) is 4.27. The Morgan fingerprint density at radius 3 is 2.65 bits per heavy atom. The molecule has 2 aromatic carbocycles. The standard InChI is InChI=1S/C20H20O3/c1-12(2)16-10-17(20(23)11-19(16)22)18(21)9-13-6-7-14-4-3-5-15(14)8-13/h3-4,6-8,10-12,22-23H,5,9H2,1-2H3. The van der Waals surface area contributed by atoms with Gasteiger partial charge in [-0.15, -0.1) is 0 Å². The summed E-state index contributed by atoms with van der Waals surface area (Å²) >= 11 is 0. The van der Waals surface area contributed by atoms with Crippen molar-refractivity contribution in [1.29, 1.82) is 0 Å². The number of hydrogen-bond acceptors (Lipinski definition) is 3. The van der Waals surface area contributed by atoms with E-state index in [4.69, 9.17) is 0 Å². The van der Waals surface area contributed by atoms with Crippen molar-refractivity contribution in [2.45, 2.75) is 32.6 Å². The zero-order valence-electron chi connectivity index (χ0n) is 13.3. The van der Waals surface area contributed by atoms with Crippen molar-refractivity contribution in [2.75, 3.05) is 0 Å². The van der Waals surface area contributed by atoms with Crippen LogP contribution in [0, 0.1) is 0 Å². The van der Waals surface area contributed by atoms with Crippen LogP contribution in [0.15, 0.2) is 36.4 Å². The number of ketones is 1. The molecule has 0 aliphatic heterocycles. The fraction of sp³-hybridized carbons (Fsp3) is 0.250. The van der Waals surface area contributed by atoms with E-state index in [-0.39, 0.29) is 35.2 Å². The Balaban J connectivity index is 1.87. The molecule has 3 rings (SSSR count). The van der Waals surface area contributed by atoms with Crippen molar-refractivity contribution in [3.8, 4) is 11.5 Å². The summed E-state index contributed by atoms with van der Waals surface area (Å²) < 4.78 is 0. The van der Waals surface area contributed by atoms with Gasteiger partial charge in [-0.25, -0.2) is 0 Å². The minimum atomic E-state index is -0.167. The van der Waals surface area contributed by atoms with Gasteiger partial charge in [0.2, 0.25) is 0 Å². The number of rotatable bonds is 4. The van der Waals surface area contributed by atoms with Gasteiger partial charge >= 0.3 is 0 Å². The molecule has 0 radical (unpaired) electrons. The summed E-state index contributed by atoms with van der Waals surface area (Å²) in [6.07, 6.45) is 5.33. The van der Waals surface area contributed by atoms with Gasteiger partial charge in [-0.3, -0.25) is 4.79 Å². The van der Waals surface area contributed by atoms with Crippen LogP contribution in [0.5, 0.6) is 11.5 Å². The number of aromatic hydroxyl groups is 2. The lowest BCUT2D eigenvalue weighted by Crippen LogP contribution is -2.06. The Morgan fingerprint density at radius 1 is 1.13 bits per heavy atom. The molecule has 0 saturated heterocycles. The van der Waals surface area contributed by atoms with Gasteiger partial charge in [-0.05, 0) is 40.7 Å². The van der Waals surface area contributed by atoms with E-state index in [2.05, 4.69) is 12.2 Å². The van der Waals surface area contributed by atoms with E-state index >= 15 is 0 Å². The Hall–Kier alpha value is -2.55. The molecule has 0 amide bonds. The van der Waals surface area contributed by atoms with Crippen molar-refractivity contribution < 1.29 is 15.0 Å². The first-order valence-corrected chi connectivity index (χ1v) is 7.83. The van der Waals surface area contributed by atoms with E-state index in [1.54, 1.807) is 6.07 Å². The predicted molar refractivity (Wildman–Crippen MR) is 91.1 cm³/mol. The summed E-state index contributed by atoms with van der Waals surface area (Å²) in [6, 6.07) is 8.89. The van der Waals surface area contributed by atoms with Gasteiger partial charge in [0, 0.05) is 12.5 Å². The summed E-state index contributed by atoms with van der Waals surface area (Å²) in [5.74, 6) is -0.207. The minimum absolute atomic E-state index is 0.0256. The summed E-state index contributed by atoms with van der Waals surface area (Å²) in [5, 5.41) is 19.9. The molecule has 1 aliphatic rings. The fourth-order valence-electron chi connectivity index (χ4n) is 2.98. The summed E-state index contributed by atoms with van der Waals surface area (Å²) in [5.41, 5.74) is 4.31. The van der Waals surface area contributed by atoms with E-state index in [1.165, 1.54) is 17.2 Å². The Bertz CT molecular complexity index is 801. The highest BCUT2D eigenvalue weighted by atomic mass is 16.3. The van der Waals surface area contributed by atoms with Crippen molar-refractivity contribution in [1.82, 2.24) is 0 Å². The van der Waals surface area contributed by atoms with Crippen LogP contribution in [-0.4, -0.2) is 16.0 Å². The predicted octanol–water partition coefficient (Wildman–Crippen LogP) is 4.22. The first-order chi connectivity index (χ1) is 11.0. The minimum Gasteiger partial charge on any atom is -0.508 e. The van der Waals surface area contributed by atoms with Crippen molar-refractivity contribution in [2.24, 2.45) is 0 Å². The molecule has 0 atom stereocenters. The van der Waals surface area contributed by atoms with Crippen molar-refractivity contribution in [3.05, 3.63) is 64.2 Å². The molecule has 3 heteroatoms. The van der Waals surface area contributed by atoms with E-state index in [0.29, 0.717) is 5.56 Å². The lowest BCUT2D eigenvalue weighted by atomic mass is 9.94. The first-order valence-electron chi connectivity index (χ1n) is 7.83. The molecular formula is C20H20O3. The van der Waals surface area contributed by atoms with Gasteiger partial charge in [-0.2, -0.15) is 0 Å². The van der Waals surface area contributed by atoms with Gasteiger partial charge in [0.15, 0.2) is 5.78 Å². The molecule has 3 nitrogen and oxygen atoms in total. The van der Waals surface area contributed by atoms with Gasteiger partial charge in [0.25, 0.3) is 0 Å². The lowest BCUT2D eigenvalue weighted by Gasteiger charge is -2.12. The van der Waals surface area contributed by atoms with Crippen LogP contribution < -0.4 is 0 Å². The highest BCUT2D eigenvalue weighted by Gasteiger charge is 2.17. The van der Waals surface area contributed by atoms with E-state index in [0.717, 1.165) is 12.0 Å². The molecule has 0 bridgehead atoms. The molecule has 0 saturated carbocycles. The molecule has 0 heterocycles. The number of fused-ring (bicyclic) bond motifs is 1. The van der Waals surface area contributed by atoms with Crippen LogP contribution in [0.3, 0.4) is 0 Å². The Kier molecular flexibility index (Phi) is 3.95. The van der Waals surface area contributed by atoms with Gasteiger partial charge in [-0.1, -0.05) is 44.2 Å². The van der Waals surface area contributed by atoms with Crippen LogP contribution >= 0.6 is 0 Å². The number of carbonyl (C=O) groups excluding carboxylic acids is 1. The third kappa shape index (κ3) is 3.00. The second-order valence-corrected chi connectivity index (χ2v) is 6.32. The highest BCUT2D eigenvalue weighted by Crippen LogP contribution is 2.33. The van der Waals surface area contributed by atoms with Gasteiger partial charge < -0.3 is 10.2 Å². The molecular weight excluding hydrogens is 288 g/mol. The van der Waals surface area contributed by atoms with Gasteiger partial charge in [0.05, 0.1) is 5.56 Å². The molecule has 23 heavy (non-hydrogen) atoms. The highest BCUT2D eigenvalue weighted by molar-refractivity contribution is 6.00. The fourth-order valence-corrected chi connectivity index (χ4v) is 2.98. The molecule has 118 valence electrons. The summed E-state index contributed by atoms with van der Waals surface area (Å²) in [6.45, 7) is 3.88. The van der Waals surface area contributed by atoms with E-state index in [9.17, 15) is 15.0 Å². The Labute approximate surface area is 135 Å². The third-order valence-electron chi connectivity index (χ3n) is 4.27. The van der Waals surface area contributed by atoms with Crippen molar-refractivity contribution in [3.63, 3.8) is 0 Å². The summed E-state index contributed by atoms with van der Waals surface area (Å²) in [7, 11) is 0. The monoisotopic (exact) mass is 308 g/mol. The van der Waals surface area contributed by atoms with Crippen LogP contribution in [0.4, 0.5) is 0 Å². The quantitative estimate of drug-likeness (QED) is 0.832. The zero-order valence-corrected chi connectivity index (χ0v) is 13.3. The maximum absolute atomic E-state index is 12.6. The molecule has 2 N–H and O–H groups in total. The van der Waals surface area contributed by atoms with Crippen LogP contribution in [-0.2, 0) is 12.8 Å². The Morgan fingerprint density at radius 2 is 1.91 bits per heavy atom. The second kappa shape index (κ2) is 5.92. The number of phenols is 2. The van der Waals surface area contributed by atoms with E-state index in [1.807, 2.05) is 32.0 Å². The lowest BCUT2D eigenvalue weighted by molar-refractivity contribution is 0.0990. The molecule has 1 aliphatic carbocycles. The average Bonchev–Trinajstić information content (AvgIpc) is 2.94. The number of carbonyl (C=O) groups is 1. The average molecular weight is 308 g/mol. The number of benzene rings is 2. The number of phenolic OH excluding ortho intramolecular Hbond substituents is 2. The van der Waals surface area contributed by atoms with Crippen LogP contribution in [0.2, 0.25) is 0 Å². The SMILES string of the molecule is CC(C)c1cc(C(=O)Cc2ccc3c(c2)CC=C3)c(O)cc1O. The van der Waals surface area contributed by atoms with E-state index < -0.39 is 0 Å².